The lowest BCUT2D eigenvalue weighted by molar-refractivity contribution is -0.143. The van der Waals surface area contributed by atoms with Crippen LogP contribution in [0.4, 0.5) is 0 Å². The topological polar surface area (TPSA) is 59.6 Å². The van der Waals surface area contributed by atoms with Gasteiger partial charge in [0.15, 0.2) is 0 Å². The van der Waals surface area contributed by atoms with E-state index in [1.807, 2.05) is 0 Å². The van der Waals surface area contributed by atoms with Crippen molar-refractivity contribution in [3.63, 3.8) is 0 Å². The molecule has 0 atom stereocenters. The molecule has 2 aliphatic carbocycles. The Kier molecular flexibility index (Phi) is 4.44. The van der Waals surface area contributed by atoms with Crippen molar-refractivity contribution in [2.45, 2.75) is 25.4 Å². The van der Waals surface area contributed by atoms with E-state index in [1.165, 1.54) is 11.1 Å². The fourth-order valence-electron chi connectivity index (χ4n) is 4.35. The van der Waals surface area contributed by atoms with E-state index in [0.29, 0.717) is 25.9 Å². The van der Waals surface area contributed by atoms with E-state index in [9.17, 15) is 9.90 Å². The molecule has 0 unspecified atom stereocenters. The molecular formula is C25H27N3O2. The third kappa shape index (κ3) is 3.29. The number of aromatic nitrogens is 1. The number of aromatic amines is 1. The summed E-state index contributed by atoms with van der Waals surface area (Å²) in [5, 5.41) is 10.1. The van der Waals surface area contributed by atoms with Gasteiger partial charge < -0.3 is 19.9 Å². The van der Waals surface area contributed by atoms with E-state index in [1.54, 1.807) is 4.90 Å². The van der Waals surface area contributed by atoms with Gasteiger partial charge in [-0.05, 0) is 54.7 Å². The van der Waals surface area contributed by atoms with Crippen LogP contribution in [0.1, 0.15) is 24.0 Å². The van der Waals surface area contributed by atoms with E-state index >= 15 is 0 Å². The van der Waals surface area contributed by atoms with E-state index in [2.05, 4.69) is 71.9 Å². The standard InChI is InChI=1S/C25H27N3O2/c1-17-16-20(23-9-7-19-4-3-5-22(19)26-23)6-8-21(17)18(2)27-12-14-28(15-13-27)24(29)25(30)10-11-25/h3-9,16,26,30H,2,10-15H2,1H3. The summed E-state index contributed by atoms with van der Waals surface area (Å²) in [6, 6.07) is 17.0. The minimum atomic E-state index is -1.08. The highest BCUT2D eigenvalue weighted by atomic mass is 16.3. The maximum Gasteiger partial charge on any atom is 0.254 e. The van der Waals surface area contributed by atoms with Crippen molar-refractivity contribution >= 4 is 11.6 Å². The van der Waals surface area contributed by atoms with Gasteiger partial charge in [0.25, 0.3) is 5.91 Å². The van der Waals surface area contributed by atoms with Crippen LogP contribution in [0.15, 0.2) is 55.1 Å². The number of piperazine rings is 1. The Morgan fingerprint density at radius 2 is 1.63 bits per heavy atom. The molecule has 1 saturated carbocycles. The molecule has 30 heavy (non-hydrogen) atoms. The molecule has 0 aromatic heterocycles. The number of nitrogens with zero attached hydrogens (tertiary/aromatic N) is 2. The summed E-state index contributed by atoms with van der Waals surface area (Å²) in [7, 11) is 0. The molecule has 5 heteroatoms. The maximum absolute atomic E-state index is 12.4. The SMILES string of the molecule is C=C(c1ccc(-c2ccc3cccc-3[nH]2)cc1C)N1CCN(C(=O)C2(O)CC2)CC1. The molecular weight excluding hydrogens is 374 g/mol. The molecule has 1 saturated heterocycles. The van der Waals surface area contributed by atoms with Gasteiger partial charge in [-0.1, -0.05) is 36.9 Å². The van der Waals surface area contributed by atoms with Gasteiger partial charge in [-0.3, -0.25) is 4.79 Å². The molecule has 1 aromatic rings. The lowest BCUT2D eigenvalue weighted by Gasteiger charge is -2.38. The zero-order valence-electron chi connectivity index (χ0n) is 17.3. The maximum atomic E-state index is 12.4. The van der Waals surface area contributed by atoms with Crippen molar-refractivity contribution in [1.82, 2.24) is 14.8 Å². The number of fused-ring (bicyclic) bond motifs is 1. The number of benzene rings is 1. The molecule has 0 bridgehead atoms. The number of rotatable bonds is 4. The second-order valence-corrected chi connectivity index (χ2v) is 8.55. The number of carbonyl (C=O) groups is 1. The smallest absolute Gasteiger partial charge is 0.254 e. The van der Waals surface area contributed by atoms with Crippen LogP contribution < -0.4 is 0 Å². The summed E-state index contributed by atoms with van der Waals surface area (Å²) in [5.74, 6) is -0.105. The van der Waals surface area contributed by atoms with Crippen LogP contribution in [0.25, 0.3) is 28.2 Å². The van der Waals surface area contributed by atoms with E-state index in [4.69, 9.17) is 0 Å². The summed E-state index contributed by atoms with van der Waals surface area (Å²) in [6.07, 6.45) is 1.20. The van der Waals surface area contributed by atoms with Crippen molar-refractivity contribution < 1.29 is 9.90 Å². The van der Waals surface area contributed by atoms with Crippen LogP contribution in [0.5, 0.6) is 0 Å². The van der Waals surface area contributed by atoms with Gasteiger partial charge in [-0.15, -0.1) is 0 Å². The zero-order valence-corrected chi connectivity index (χ0v) is 17.3. The van der Waals surface area contributed by atoms with Crippen LogP contribution in [-0.2, 0) is 4.79 Å². The number of aryl methyl sites for hydroxylation is 1. The van der Waals surface area contributed by atoms with Gasteiger partial charge in [0, 0.05) is 48.8 Å². The molecule has 1 aromatic carbocycles. The Bertz CT molecular complexity index is 1090. The lowest BCUT2D eigenvalue weighted by Crippen LogP contribution is -2.51. The molecule has 4 aliphatic rings. The number of pyridine rings is 1. The first-order chi connectivity index (χ1) is 14.4. The van der Waals surface area contributed by atoms with Crippen LogP contribution in [-0.4, -0.2) is 57.6 Å². The van der Waals surface area contributed by atoms with E-state index in [0.717, 1.165) is 41.3 Å². The van der Waals surface area contributed by atoms with Gasteiger partial charge in [-0.2, -0.15) is 0 Å². The third-order valence-electron chi connectivity index (χ3n) is 6.47. The molecule has 5 rings (SSSR count). The number of aliphatic hydroxyl groups is 1. The monoisotopic (exact) mass is 401 g/mol. The Morgan fingerprint density at radius 1 is 0.967 bits per heavy atom. The zero-order chi connectivity index (χ0) is 20.9. The Hall–Kier alpha value is -3.05. The van der Waals surface area contributed by atoms with E-state index < -0.39 is 5.60 Å². The van der Waals surface area contributed by atoms with Gasteiger partial charge in [-0.25, -0.2) is 0 Å². The van der Waals surface area contributed by atoms with Crippen LogP contribution in [0.3, 0.4) is 0 Å². The molecule has 2 N–H and O–H groups in total. The molecule has 1 amide bonds. The fraction of sp³-hybridized carbons (Fsp3) is 0.320. The second-order valence-electron chi connectivity index (χ2n) is 8.55. The summed E-state index contributed by atoms with van der Waals surface area (Å²) in [5.41, 5.74) is 6.83. The van der Waals surface area contributed by atoms with Crippen LogP contribution in [0.2, 0.25) is 0 Å². The van der Waals surface area contributed by atoms with Gasteiger partial charge in [0.2, 0.25) is 0 Å². The minimum Gasteiger partial charge on any atom is -0.380 e. The highest BCUT2D eigenvalue weighted by Gasteiger charge is 2.50. The summed E-state index contributed by atoms with van der Waals surface area (Å²) in [6.45, 7) is 9.20. The predicted molar refractivity (Wildman–Crippen MR) is 119 cm³/mol. The normalized spacial score (nSPS) is 17.9. The molecule has 2 fully saturated rings. The van der Waals surface area contributed by atoms with Crippen molar-refractivity contribution in [1.29, 1.82) is 0 Å². The summed E-state index contributed by atoms with van der Waals surface area (Å²) < 4.78 is 0. The van der Waals surface area contributed by atoms with Crippen molar-refractivity contribution in [3.8, 4) is 22.5 Å². The first kappa shape index (κ1) is 18.9. The highest BCUT2D eigenvalue weighted by molar-refractivity contribution is 5.88. The van der Waals surface area contributed by atoms with Crippen molar-refractivity contribution in [2.75, 3.05) is 26.2 Å². The molecule has 154 valence electrons. The quantitative estimate of drug-likeness (QED) is 0.700. The van der Waals surface area contributed by atoms with Crippen LogP contribution >= 0.6 is 0 Å². The number of hydrogen-bond acceptors (Lipinski definition) is 3. The predicted octanol–water partition coefficient (Wildman–Crippen LogP) is 3.73. The highest BCUT2D eigenvalue weighted by Crippen LogP contribution is 2.37. The Labute approximate surface area is 177 Å². The number of H-pyrrole nitrogens is 1. The third-order valence-corrected chi connectivity index (χ3v) is 6.47. The number of carbonyl (C=O) groups excluding carboxylic acids is 1. The largest absolute Gasteiger partial charge is 0.380 e. The second kappa shape index (κ2) is 7.03. The van der Waals surface area contributed by atoms with Crippen molar-refractivity contribution in [2.24, 2.45) is 0 Å². The van der Waals surface area contributed by atoms with Crippen molar-refractivity contribution in [3.05, 3.63) is 66.2 Å². The Balaban J connectivity index is 1.29. The van der Waals surface area contributed by atoms with Gasteiger partial charge >= 0.3 is 0 Å². The lowest BCUT2D eigenvalue weighted by atomic mass is 9.99. The summed E-state index contributed by atoms with van der Waals surface area (Å²) in [4.78, 5) is 19.9. The minimum absolute atomic E-state index is 0.105. The average Bonchev–Trinajstić information content (AvgIpc) is 3.34. The first-order valence-corrected chi connectivity index (χ1v) is 10.6. The number of nitrogens with one attached hydrogen (secondary N) is 1. The number of hydrogen-bond donors (Lipinski definition) is 2. The first-order valence-electron chi connectivity index (χ1n) is 10.6. The van der Waals surface area contributed by atoms with Crippen LogP contribution in [0, 0.1) is 6.92 Å². The van der Waals surface area contributed by atoms with E-state index in [-0.39, 0.29) is 5.91 Å². The molecule has 0 spiro atoms. The molecule has 2 aliphatic heterocycles. The molecule has 5 nitrogen and oxygen atoms in total. The average molecular weight is 402 g/mol. The Morgan fingerprint density at radius 3 is 2.33 bits per heavy atom. The van der Waals surface area contributed by atoms with Gasteiger partial charge in [0.1, 0.15) is 5.60 Å². The molecule has 0 radical (unpaired) electrons. The van der Waals surface area contributed by atoms with Gasteiger partial charge in [0.05, 0.1) is 0 Å². The number of amides is 1. The molecule has 2 heterocycles. The summed E-state index contributed by atoms with van der Waals surface area (Å²) >= 11 is 0. The fourth-order valence-corrected chi connectivity index (χ4v) is 4.35.